The van der Waals surface area contributed by atoms with Gasteiger partial charge in [-0.25, -0.2) is 0 Å². The summed E-state index contributed by atoms with van der Waals surface area (Å²) in [5.74, 6) is 0.587. The molecule has 0 aliphatic carbocycles. The monoisotopic (exact) mass is 313 g/mol. The second-order valence-corrected chi connectivity index (χ2v) is 5.10. The van der Waals surface area contributed by atoms with Gasteiger partial charge in [0.2, 0.25) is 0 Å². The molecule has 1 amide bonds. The minimum atomic E-state index is -0.461. The lowest BCUT2D eigenvalue weighted by Crippen LogP contribution is -2.40. The van der Waals surface area contributed by atoms with E-state index in [1.807, 2.05) is 11.9 Å². The number of likely N-dealkylation sites (tertiary alicyclic amines) is 1. The number of nitrogens with zero attached hydrogens (tertiary/aromatic N) is 2. The molecule has 21 heavy (non-hydrogen) atoms. The summed E-state index contributed by atoms with van der Waals surface area (Å²) in [5.41, 5.74) is 0.525. The van der Waals surface area contributed by atoms with Crippen molar-refractivity contribution in [2.24, 2.45) is 5.92 Å². The number of nitro benzene ring substituents is 1. The van der Waals surface area contributed by atoms with E-state index >= 15 is 0 Å². The molecule has 0 aromatic heterocycles. The molecule has 7 heteroatoms. The third-order valence-corrected chi connectivity index (χ3v) is 3.72. The van der Waals surface area contributed by atoms with Gasteiger partial charge in [-0.1, -0.05) is 0 Å². The molecule has 1 aliphatic heterocycles. The molecule has 1 aromatic carbocycles. The highest BCUT2D eigenvalue weighted by atomic mass is 35.5. The average Bonchev–Trinajstić information content (AvgIpc) is 2.48. The van der Waals surface area contributed by atoms with Crippen molar-refractivity contribution in [3.63, 3.8) is 0 Å². The first-order valence-electron chi connectivity index (χ1n) is 6.80. The topological polar surface area (TPSA) is 75.5 Å². The fourth-order valence-electron chi connectivity index (χ4n) is 2.54. The molecule has 0 spiro atoms. The number of hydrogen-bond donors (Lipinski definition) is 1. The van der Waals surface area contributed by atoms with Crippen molar-refractivity contribution in [3.05, 3.63) is 39.9 Å². The van der Waals surface area contributed by atoms with Gasteiger partial charge in [0.1, 0.15) is 0 Å². The summed E-state index contributed by atoms with van der Waals surface area (Å²) >= 11 is 0. The molecule has 0 saturated carbocycles. The van der Waals surface area contributed by atoms with Crippen LogP contribution in [0.4, 0.5) is 5.69 Å². The predicted octanol–water partition coefficient (Wildman–Crippen LogP) is 2.09. The van der Waals surface area contributed by atoms with Crippen LogP contribution >= 0.6 is 12.4 Å². The van der Waals surface area contributed by atoms with Crippen molar-refractivity contribution in [1.29, 1.82) is 0 Å². The van der Waals surface area contributed by atoms with Gasteiger partial charge in [-0.05, 0) is 44.5 Å². The van der Waals surface area contributed by atoms with E-state index in [0.29, 0.717) is 11.5 Å². The van der Waals surface area contributed by atoms with Crippen molar-refractivity contribution in [1.82, 2.24) is 10.2 Å². The average molecular weight is 314 g/mol. The molecule has 116 valence electrons. The Hall–Kier alpha value is -1.66. The largest absolute Gasteiger partial charge is 0.339 e. The van der Waals surface area contributed by atoms with E-state index in [0.717, 1.165) is 32.5 Å². The number of benzene rings is 1. The van der Waals surface area contributed by atoms with E-state index in [2.05, 4.69) is 5.32 Å². The molecule has 0 radical (unpaired) electrons. The highest BCUT2D eigenvalue weighted by molar-refractivity contribution is 5.94. The van der Waals surface area contributed by atoms with E-state index < -0.39 is 4.92 Å². The second-order valence-electron chi connectivity index (χ2n) is 5.10. The maximum atomic E-state index is 12.3. The van der Waals surface area contributed by atoms with Crippen LogP contribution in [-0.4, -0.2) is 42.4 Å². The molecule has 6 nitrogen and oxygen atoms in total. The molecule has 2 rings (SSSR count). The Morgan fingerprint density at radius 2 is 1.90 bits per heavy atom. The van der Waals surface area contributed by atoms with E-state index in [1.165, 1.54) is 24.3 Å². The number of carbonyl (C=O) groups excluding carboxylic acids is 1. The van der Waals surface area contributed by atoms with Gasteiger partial charge in [0.05, 0.1) is 4.92 Å². The Bertz CT molecular complexity index is 485. The first kappa shape index (κ1) is 17.4. The highest BCUT2D eigenvalue weighted by Crippen LogP contribution is 2.19. The molecular formula is C14H20ClN3O3. The standard InChI is InChI=1S/C14H19N3O3.ClH/c1-15-10-11-6-8-16(9-7-11)14(18)12-2-4-13(5-3-12)17(19)20;/h2-5,11,15H,6-10H2,1H3;1H. The van der Waals surface area contributed by atoms with Crippen LogP contribution in [-0.2, 0) is 0 Å². The van der Waals surface area contributed by atoms with Crippen LogP contribution in [0.5, 0.6) is 0 Å². The molecule has 0 bridgehead atoms. The maximum absolute atomic E-state index is 12.3. The molecule has 1 heterocycles. The third kappa shape index (κ3) is 4.41. The van der Waals surface area contributed by atoms with Gasteiger partial charge in [0.25, 0.3) is 11.6 Å². The predicted molar refractivity (Wildman–Crippen MR) is 82.9 cm³/mol. The fourth-order valence-corrected chi connectivity index (χ4v) is 2.54. The molecule has 1 saturated heterocycles. The Kier molecular flexibility index (Phi) is 6.58. The Morgan fingerprint density at radius 3 is 2.38 bits per heavy atom. The summed E-state index contributed by atoms with van der Waals surface area (Å²) < 4.78 is 0. The third-order valence-electron chi connectivity index (χ3n) is 3.72. The van der Waals surface area contributed by atoms with E-state index in [1.54, 1.807) is 0 Å². The van der Waals surface area contributed by atoms with Crippen LogP contribution in [0.2, 0.25) is 0 Å². The number of non-ortho nitro benzene ring substituents is 1. The lowest BCUT2D eigenvalue weighted by atomic mass is 9.96. The number of amides is 1. The van der Waals surface area contributed by atoms with Gasteiger partial charge in [-0.2, -0.15) is 0 Å². The lowest BCUT2D eigenvalue weighted by molar-refractivity contribution is -0.384. The molecular weight excluding hydrogens is 294 g/mol. The summed E-state index contributed by atoms with van der Waals surface area (Å²) in [7, 11) is 1.94. The fraction of sp³-hybridized carbons (Fsp3) is 0.500. The normalized spacial score (nSPS) is 15.4. The summed E-state index contributed by atoms with van der Waals surface area (Å²) in [6.07, 6.45) is 2.00. The van der Waals surface area contributed by atoms with Crippen LogP contribution in [0.25, 0.3) is 0 Å². The molecule has 1 aromatic rings. The SMILES string of the molecule is CNCC1CCN(C(=O)c2ccc([N+](=O)[O-])cc2)CC1.Cl. The summed E-state index contributed by atoms with van der Waals surface area (Å²) in [4.78, 5) is 24.2. The maximum Gasteiger partial charge on any atom is 0.269 e. The zero-order chi connectivity index (χ0) is 14.5. The van der Waals surface area contributed by atoms with Gasteiger partial charge in [0, 0.05) is 30.8 Å². The van der Waals surface area contributed by atoms with Gasteiger partial charge < -0.3 is 10.2 Å². The molecule has 0 unspecified atom stereocenters. The van der Waals surface area contributed by atoms with Crippen LogP contribution < -0.4 is 5.32 Å². The summed E-state index contributed by atoms with van der Waals surface area (Å²) in [5, 5.41) is 13.7. The minimum absolute atomic E-state index is 0. The van der Waals surface area contributed by atoms with Crippen LogP contribution in [0.3, 0.4) is 0 Å². The second kappa shape index (κ2) is 7.95. The highest BCUT2D eigenvalue weighted by Gasteiger charge is 2.23. The summed E-state index contributed by atoms with van der Waals surface area (Å²) in [6, 6.07) is 5.81. The minimum Gasteiger partial charge on any atom is -0.339 e. The van der Waals surface area contributed by atoms with E-state index in [-0.39, 0.29) is 24.0 Å². The van der Waals surface area contributed by atoms with Crippen LogP contribution in [0.15, 0.2) is 24.3 Å². The number of piperidine rings is 1. The number of hydrogen-bond acceptors (Lipinski definition) is 4. The van der Waals surface area contributed by atoms with Crippen LogP contribution in [0.1, 0.15) is 23.2 Å². The molecule has 1 N–H and O–H groups in total. The van der Waals surface area contributed by atoms with Gasteiger partial charge in [-0.3, -0.25) is 14.9 Å². The van der Waals surface area contributed by atoms with Crippen molar-refractivity contribution >= 4 is 24.0 Å². The Morgan fingerprint density at radius 1 is 1.33 bits per heavy atom. The zero-order valence-corrected chi connectivity index (χ0v) is 12.8. The molecule has 1 fully saturated rings. The number of rotatable bonds is 4. The summed E-state index contributed by atoms with van der Waals surface area (Å²) in [6.45, 7) is 2.49. The first-order valence-corrected chi connectivity index (χ1v) is 6.80. The number of nitro groups is 1. The van der Waals surface area contributed by atoms with Crippen molar-refractivity contribution in [2.75, 3.05) is 26.7 Å². The van der Waals surface area contributed by atoms with Crippen LogP contribution in [0, 0.1) is 16.0 Å². The number of nitrogens with one attached hydrogen (secondary N) is 1. The zero-order valence-electron chi connectivity index (χ0n) is 11.9. The first-order chi connectivity index (χ1) is 9.61. The van der Waals surface area contributed by atoms with Crippen molar-refractivity contribution in [2.45, 2.75) is 12.8 Å². The van der Waals surface area contributed by atoms with E-state index in [4.69, 9.17) is 0 Å². The van der Waals surface area contributed by atoms with Gasteiger partial charge >= 0.3 is 0 Å². The number of halogens is 1. The van der Waals surface area contributed by atoms with Gasteiger partial charge in [-0.15, -0.1) is 12.4 Å². The Balaban J connectivity index is 0.00000220. The molecule has 1 aliphatic rings. The number of carbonyl (C=O) groups is 1. The van der Waals surface area contributed by atoms with Gasteiger partial charge in [0.15, 0.2) is 0 Å². The lowest BCUT2D eigenvalue weighted by Gasteiger charge is -2.32. The smallest absolute Gasteiger partial charge is 0.269 e. The Labute approximate surface area is 130 Å². The van der Waals surface area contributed by atoms with Crippen molar-refractivity contribution in [3.8, 4) is 0 Å². The quantitative estimate of drug-likeness (QED) is 0.682. The molecule has 0 atom stereocenters. The van der Waals surface area contributed by atoms with E-state index in [9.17, 15) is 14.9 Å². The van der Waals surface area contributed by atoms with Crippen molar-refractivity contribution < 1.29 is 9.72 Å².